The molecule has 3 aromatic carbocycles. The van der Waals surface area contributed by atoms with Crippen molar-refractivity contribution in [3.63, 3.8) is 0 Å². The molecule has 5 nitrogen and oxygen atoms in total. The van der Waals surface area contributed by atoms with Crippen LogP contribution in [0.25, 0.3) is 5.76 Å². The summed E-state index contributed by atoms with van der Waals surface area (Å²) in [7, 11) is 0. The predicted octanol–water partition coefficient (Wildman–Crippen LogP) is 5.87. The molecule has 180 valence electrons. The number of alkyl halides is 3. The maximum absolute atomic E-state index is 13.6. The van der Waals surface area contributed by atoms with Gasteiger partial charge < -0.3 is 9.84 Å². The van der Waals surface area contributed by atoms with E-state index < -0.39 is 41.0 Å². The van der Waals surface area contributed by atoms with Gasteiger partial charge >= 0.3 is 6.18 Å². The maximum Gasteiger partial charge on any atom is 0.416 e. The van der Waals surface area contributed by atoms with Crippen LogP contribution < -0.4 is 9.64 Å². The van der Waals surface area contributed by atoms with Crippen molar-refractivity contribution in [3.05, 3.63) is 101 Å². The molecule has 1 fully saturated rings. The van der Waals surface area contributed by atoms with Crippen LogP contribution in [0.5, 0.6) is 5.75 Å². The first-order chi connectivity index (χ1) is 16.6. The Labute approximate surface area is 197 Å². The quantitative estimate of drug-likeness (QED) is 0.213. The highest BCUT2D eigenvalue weighted by Gasteiger charge is 2.47. The van der Waals surface area contributed by atoms with Crippen LogP contribution in [0.4, 0.5) is 23.2 Å². The SMILES string of the molecule is CCOc1ccc(/C(O)=C2\C(=O)C(=O)N(c3ccc(C(F)(F)F)cc3)C2c2ccc(F)cc2)cc1. The van der Waals surface area contributed by atoms with Gasteiger partial charge in [-0.15, -0.1) is 0 Å². The summed E-state index contributed by atoms with van der Waals surface area (Å²) in [6.07, 6.45) is -4.59. The fourth-order valence-electron chi connectivity index (χ4n) is 3.90. The van der Waals surface area contributed by atoms with E-state index in [2.05, 4.69) is 0 Å². The maximum atomic E-state index is 13.6. The van der Waals surface area contributed by atoms with Crippen LogP contribution in [0.3, 0.4) is 0 Å². The summed E-state index contributed by atoms with van der Waals surface area (Å²) in [6, 6.07) is 13.6. The fourth-order valence-corrected chi connectivity index (χ4v) is 3.90. The van der Waals surface area contributed by atoms with Gasteiger partial charge in [0.2, 0.25) is 0 Å². The number of aliphatic hydroxyl groups excluding tert-OH is 1. The third kappa shape index (κ3) is 4.62. The summed E-state index contributed by atoms with van der Waals surface area (Å²) in [6.45, 7) is 2.23. The molecule has 0 bridgehead atoms. The first-order valence-corrected chi connectivity index (χ1v) is 10.6. The molecule has 35 heavy (non-hydrogen) atoms. The molecule has 1 heterocycles. The molecule has 0 spiro atoms. The Hall–Kier alpha value is -4.14. The van der Waals surface area contributed by atoms with Gasteiger partial charge in [-0.2, -0.15) is 13.2 Å². The number of Topliss-reactive ketones (excluding diaryl/α,β-unsaturated/α-hetero) is 1. The van der Waals surface area contributed by atoms with E-state index in [1.165, 1.54) is 24.3 Å². The van der Waals surface area contributed by atoms with Crippen molar-refractivity contribution in [2.45, 2.75) is 19.1 Å². The summed E-state index contributed by atoms with van der Waals surface area (Å²) in [5.74, 6) is -2.57. The molecule has 3 aromatic rings. The Kier molecular flexibility index (Phi) is 6.34. The van der Waals surface area contributed by atoms with Crippen LogP contribution in [0.15, 0.2) is 78.4 Å². The molecule has 4 rings (SSSR count). The van der Waals surface area contributed by atoms with Gasteiger partial charge in [-0.1, -0.05) is 12.1 Å². The van der Waals surface area contributed by atoms with E-state index >= 15 is 0 Å². The Bertz CT molecular complexity index is 1280. The first-order valence-electron chi connectivity index (χ1n) is 10.6. The van der Waals surface area contributed by atoms with Crippen molar-refractivity contribution >= 4 is 23.1 Å². The summed E-state index contributed by atoms with van der Waals surface area (Å²) in [4.78, 5) is 27.1. The van der Waals surface area contributed by atoms with E-state index in [1.54, 1.807) is 19.1 Å². The number of ketones is 1. The molecule has 0 aliphatic carbocycles. The lowest BCUT2D eigenvalue weighted by atomic mass is 9.95. The van der Waals surface area contributed by atoms with Crippen LogP contribution in [-0.4, -0.2) is 23.4 Å². The molecule has 1 atom stereocenters. The molecule has 0 saturated carbocycles. The van der Waals surface area contributed by atoms with Gasteiger partial charge in [-0.05, 0) is 73.2 Å². The van der Waals surface area contributed by atoms with Crippen molar-refractivity contribution in [1.82, 2.24) is 0 Å². The standard InChI is InChI=1S/C26H19F4NO4/c1-2-35-20-13-5-16(6-14-20)23(32)21-22(15-3-9-18(27)10-4-15)31(25(34)24(21)33)19-11-7-17(8-12-19)26(28,29)30/h3-14,22,32H,2H2,1H3/b23-21+. The van der Waals surface area contributed by atoms with Crippen LogP contribution >= 0.6 is 0 Å². The summed E-state index contributed by atoms with van der Waals surface area (Å²) in [5.41, 5.74) is -0.666. The van der Waals surface area contributed by atoms with Gasteiger partial charge in [0.1, 0.15) is 17.3 Å². The van der Waals surface area contributed by atoms with E-state index in [0.29, 0.717) is 12.4 Å². The van der Waals surface area contributed by atoms with Crippen LogP contribution in [-0.2, 0) is 15.8 Å². The fraction of sp³-hybridized carbons (Fsp3) is 0.154. The number of carbonyl (C=O) groups is 2. The van der Waals surface area contributed by atoms with Crippen LogP contribution in [0.2, 0.25) is 0 Å². The van der Waals surface area contributed by atoms with Crippen molar-refractivity contribution in [2.24, 2.45) is 0 Å². The van der Waals surface area contributed by atoms with Gasteiger partial charge in [-0.25, -0.2) is 4.39 Å². The molecule has 0 radical (unpaired) electrons. The van der Waals surface area contributed by atoms with E-state index in [-0.39, 0.29) is 22.4 Å². The zero-order valence-corrected chi connectivity index (χ0v) is 18.3. The topological polar surface area (TPSA) is 66.8 Å². The van der Waals surface area contributed by atoms with Gasteiger partial charge in [0.05, 0.1) is 23.8 Å². The molecule has 1 saturated heterocycles. The van der Waals surface area contributed by atoms with E-state index in [4.69, 9.17) is 4.74 Å². The molecule has 1 aliphatic heterocycles. The third-order valence-electron chi connectivity index (χ3n) is 5.54. The highest BCUT2D eigenvalue weighted by Crippen LogP contribution is 2.43. The first kappa shape index (κ1) is 24.0. The number of aliphatic hydroxyl groups is 1. The minimum atomic E-state index is -4.59. The zero-order valence-electron chi connectivity index (χ0n) is 18.3. The van der Waals surface area contributed by atoms with Crippen molar-refractivity contribution in [2.75, 3.05) is 11.5 Å². The highest BCUT2D eigenvalue weighted by molar-refractivity contribution is 6.51. The lowest BCUT2D eigenvalue weighted by Gasteiger charge is -2.25. The summed E-state index contributed by atoms with van der Waals surface area (Å²) < 4.78 is 58.1. The number of ether oxygens (including phenoxy) is 1. The molecule has 1 unspecified atom stereocenters. The molecule has 1 N–H and O–H groups in total. The molecule has 1 amide bonds. The van der Waals surface area contributed by atoms with Crippen molar-refractivity contribution in [1.29, 1.82) is 0 Å². The largest absolute Gasteiger partial charge is 0.507 e. The second-order valence-electron chi connectivity index (χ2n) is 7.72. The Morgan fingerprint density at radius 3 is 2.09 bits per heavy atom. The minimum Gasteiger partial charge on any atom is -0.507 e. The van der Waals surface area contributed by atoms with Crippen molar-refractivity contribution < 1.29 is 37.0 Å². The van der Waals surface area contributed by atoms with E-state index in [1.807, 2.05) is 0 Å². The predicted molar refractivity (Wildman–Crippen MR) is 120 cm³/mol. The normalized spacial score (nSPS) is 17.6. The number of nitrogens with zero attached hydrogens (tertiary/aromatic N) is 1. The lowest BCUT2D eigenvalue weighted by molar-refractivity contribution is -0.137. The number of amides is 1. The lowest BCUT2D eigenvalue weighted by Crippen LogP contribution is -2.29. The number of benzene rings is 3. The second kappa shape index (κ2) is 9.25. The average molecular weight is 485 g/mol. The number of hydrogen-bond donors (Lipinski definition) is 1. The number of carbonyl (C=O) groups excluding carboxylic acids is 2. The number of halogens is 4. The average Bonchev–Trinajstić information content (AvgIpc) is 3.10. The van der Waals surface area contributed by atoms with Gasteiger partial charge in [0, 0.05) is 11.3 Å². The van der Waals surface area contributed by atoms with Crippen LogP contribution in [0.1, 0.15) is 29.7 Å². The molecular weight excluding hydrogens is 466 g/mol. The minimum absolute atomic E-state index is 0.0140. The van der Waals surface area contributed by atoms with Crippen LogP contribution in [0, 0.1) is 5.82 Å². The molecule has 0 aromatic heterocycles. The van der Waals surface area contributed by atoms with Gasteiger partial charge in [0.25, 0.3) is 11.7 Å². The van der Waals surface area contributed by atoms with E-state index in [0.717, 1.165) is 41.3 Å². The zero-order chi connectivity index (χ0) is 25.3. The molecule has 9 heteroatoms. The van der Waals surface area contributed by atoms with Crippen molar-refractivity contribution in [3.8, 4) is 5.75 Å². The van der Waals surface area contributed by atoms with Gasteiger partial charge in [0.15, 0.2) is 0 Å². The Balaban J connectivity index is 1.86. The third-order valence-corrected chi connectivity index (χ3v) is 5.54. The number of anilines is 1. The molecule has 1 aliphatic rings. The number of rotatable bonds is 5. The Morgan fingerprint density at radius 2 is 1.54 bits per heavy atom. The highest BCUT2D eigenvalue weighted by atomic mass is 19.4. The smallest absolute Gasteiger partial charge is 0.416 e. The Morgan fingerprint density at radius 1 is 0.943 bits per heavy atom. The summed E-state index contributed by atoms with van der Waals surface area (Å²) >= 11 is 0. The van der Waals surface area contributed by atoms with E-state index in [9.17, 15) is 32.3 Å². The molecular formula is C26H19F4NO4. The monoisotopic (exact) mass is 485 g/mol. The number of hydrogen-bond acceptors (Lipinski definition) is 4. The summed E-state index contributed by atoms with van der Waals surface area (Å²) in [5, 5.41) is 11.0. The van der Waals surface area contributed by atoms with Gasteiger partial charge in [-0.3, -0.25) is 14.5 Å². The second-order valence-corrected chi connectivity index (χ2v) is 7.72.